The zero-order valence-corrected chi connectivity index (χ0v) is 11.8. The van der Waals surface area contributed by atoms with Crippen LogP contribution in [0.5, 0.6) is 0 Å². The molecule has 0 atom stereocenters. The van der Waals surface area contributed by atoms with Crippen molar-refractivity contribution in [2.45, 2.75) is 33.6 Å². The second-order valence-corrected chi connectivity index (χ2v) is 4.70. The monoisotopic (exact) mass is 256 g/mol. The van der Waals surface area contributed by atoms with Gasteiger partial charge in [0.05, 0.1) is 0 Å². The average Bonchev–Trinajstić information content (AvgIpc) is 2.35. The molecule has 0 spiro atoms. The molecule has 0 bridgehead atoms. The van der Waals surface area contributed by atoms with Gasteiger partial charge in [-0.1, -0.05) is 42.7 Å². The smallest absolute Gasteiger partial charge is 0.261 e. The molecule has 0 saturated heterocycles. The molecule has 19 heavy (non-hydrogen) atoms. The molecule has 1 amide bonds. The van der Waals surface area contributed by atoms with E-state index >= 15 is 0 Å². The highest BCUT2D eigenvalue weighted by atomic mass is 16.1. The lowest BCUT2D eigenvalue weighted by atomic mass is 10.0. The first-order chi connectivity index (χ1) is 9.06. The number of benzene rings is 1. The molecule has 3 nitrogen and oxygen atoms in total. The van der Waals surface area contributed by atoms with Gasteiger partial charge in [0.25, 0.3) is 5.91 Å². The van der Waals surface area contributed by atoms with Crippen molar-refractivity contribution in [3.05, 3.63) is 40.5 Å². The number of carbonyl (C=O) groups excluding carboxylic acids is 1. The van der Waals surface area contributed by atoms with Crippen molar-refractivity contribution in [1.82, 2.24) is 5.32 Å². The van der Waals surface area contributed by atoms with Gasteiger partial charge in [0.1, 0.15) is 11.6 Å². The molecule has 0 aliphatic rings. The predicted molar refractivity (Wildman–Crippen MR) is 77.4 cm³/mol. The van der Waals surface area contributed by atoms with Gasteiger partial charge in [-0.3, -0.25) is 4.79 Å². The minimum Gasteiger partial charge on any atom is -0.351 e. The number of aryl methyl sites for hydroxylation is 2. The summed E-state index contributed by atoms with van der Waals surface area (Å²) in [5, 5.41) is 11.8. The van der Waals surface area contributed by atoms with Crippen molar-refractivity contribution in [2.24, 2.45) is 0 Å². The number of hydrogen-bond donors (Lipinski definition) is 1. The van der Waals surface area contributed by atoms with E-state index in [2.05, 4.69) is 18.3 Å². The fourth-order valence-electron chi connectivity index (χ4n) is 1.88. The Balaban J connectivity index is 2.87. The van der Waals surface area contributed by atoms with E-state index in [0.717, 1.165) is 29.5 Å². The third kappa shape index (κ3) is 4.97. The molecule has 3 heteroatoms. The fourth-order valence-corrected chi connectivity index (χ4v) is 1.88. The van der Waals surface area contributed by atoms with Crippen LogP contribution in [0.15, 0.2) is 23.8 Å². The van der Waals surface area contributed by atoms with Gasteiger partial charge < -0.3 is 5.32 Å². The Morgan fingerprint density at radius 2 is 1.95 bits per heavy atom. The summed E-state index contributed by atoms with van der Waals surface area (Å²) in [6.07, 6.45) is 3.58. The molecule has 0 fully saturated rings. The number of nitriles is 1. The van der Waals surface area contributed by atoms with Crippen molar-refractivity contribution >= 4 is 12.0 Å². The van der Waals surface area contributed by atoms with Crippen molar-refractivity contribution < 1.29 is 4.79 Å². The van der Waals surface area contributed by atoms with Crippen LogP contribution in [0.2, 0.25) is 0 Å². The van der Waals surface area contributed by atoms with E-state index in [-0.39, 0.29) is 11.5 Å². The molecule has 0 aromatic heterocycles. The maximum absolute atomic E-state index is 11.8. The van der Waals surface area contributed by atoms with Crippen molar-refractivity contribution in [1.29, 1.82) is 5.26 Å². The number of hydrogen-bond acceptors (Lipinski definition) is 2. The summed E-state index contributed by atoms with van der Waals surface area (Å²) >= 11 is 0. The van der Waals surface area contributed by atoms with E-state index in [1.165, 1.54) is 0 Å². The lowest BCUT2D eigenvalue weighted by Gasteiger charge is -2.04. The SMILES string of the molecule is CCCCNC(=O)/C(C#N)=C\c1cc(C)cc(C)c1. The quantitative estimate of drug-likeness (QED) is 0.500. The van der Waals surface area contributed by atoms with E-state index in [4.69, 9.17) is 5.26 Å². The molecule has 0 aliphatic carbocycles. The number of nitrogens with one attached hydrogen (secondary N) is 1. The number of carbonyl (C=O) groups is 1. The highest BCUT2D eigenvalue weighted by Gasteiger charge is 2.08. The van der Waals surface area contributed by atoms with Gasteiger partial charge >= 0.3 is 0 Å². The van der Waals surface area contributed by atoms with Gasteiger partial charge in [-0.25, -0.2) is 0 Å². The van der Waals surface area contributed by atoms with E-state index in [0.29, 0.717) is 6.54 Å². The first kappa shape index (κ1) is 15.0. The third-order valence-corrected chi connectivity index (χ3v) is 2.74. The summed E-state index contributed by atoms with van der Waals surface area (Å²) in [4.78, 5) is 11.8. The zero-order chi connectivity index (χ0) is 14.3. The largest absolute Gasteiger partial charge is 0.351 e. The minimum absolute atomic E-state index is 0.154. The highest BCUT2D eigenvalue weighted by Crippen LogP contribution is 2.12. The summed E-state index contributed by atoms with van der Waals surface area (Å²) in [7, 11) is 0. The molecular weight excluding hydrogens is 236 g/mol. The first-order valence-corrected chi connectivity index (χ1v) is 6.55. The maximum Gasteiger partial charge on any atom is 0.261 e. The summed E-state index contributed by atoms with van der Waals surface area (Å²) in [6, 6.07) is 7.95. The second kappa shape index (κ2) is 7.38. The van der Waals surface area contributed by atoms with Crippen LogP contribution in [0.25, 0.3) is 6.08 Å². The third-order valence-electron chi connectivity index (χ3n) is 2.74. The Bertz CT molecular complexity index is 504. The Labute approximate surface area is 114 Å². The van der Waals surface area contributed by atoms with E-state index in [9.17, 15) is 4.79 Å². The van der Waals surface area contributed by atoms with Crippen LogP contribution in [-0.2, 0) is 4.79 Å². The van der Waals surface area contributed by atoms with E-state index in [1.807, 2.05) is 32.0 Å². The van der Waals surface area contributed by atoms with Crippen LogP contribution in [0.4, 0.5) is 0 Å². The molecule has 0 heterocycles. The van der Waals surface area contributed by atoms with Crippen molar-refractivity contribution in [2.75, 3.05) is 6.54 Å². The highest BCUT2D eigenvalue weighted by molar-refractivity contribution is 6.01. The number of amides is 1. The normalized spacial score (nSPS) is 10.9. The van der Waals surface area contributed by atoms with Crippen molar-refractivity contribution in [3.8, 4) is 6.07 Å². The molecule has 1 aromatic rings. The van der Waals surface area contributed by atoms with Crippen LogP contribution < -0.4 is 5.32 Å². The van der Waals surface area contributed by atoms with E-state index in [1.54, 1.807) is 6.08 Å². The molecule has 0 aliphatic heterocycles. The second-order valence-electron chi connectivity index (χ2n) is 4.70. The fraction of sp³-hybridized carbons (Fsp3) is 0.375. The van der Waals surface area contributed by atoms with Crippen LogP contribution in [-0.4, -0.2) is 12.5 Å². The van der Waals surface area contributed by atoms with Gasteiger partial charge in [0.15, 0.2) is 0 Å². The first-order valence-electron chi connectivity index (χ1n) is 6.55. The molecule has 1 N–H and O–H groups in total. The molecule has 0 radical (unpaired) electrons. The van der Waals surface area contributed by atoms with Gasteiger partial charge in [-0.2, -0.15) is 5.26 Å². The molecule has 1 aromatic carbocycles. The minimum atomic E-state index is -0.296. The molecule has 0 saturated carbocycles. The van der Waals surface area contributed by atoms with Crippen LogP contribution in [0.1, 0.15) is 36.5 Å². The summed E-state index contributed by atoms with van der Waals surface area (Å²) < 4.78 is 0. The van der Waals surface area contributed by atoms with Crippen LogP contribution in [0.3, 0.4) is 0 Å². The zero-order valence-electron chi connectivity index (χ0n) is 11.8. The lowest BCUT2D eigenvalue weighted by molar-refractivity contribution is -0.117. The van der Waals surface area contributed by atoms with E-state index < -0.39 is 0 Å². The van der Waals surface area contributed by atoms with Gasteiger partial charge in [-0.05, 0) is 31.9 Å². The Kier molecular flexibility index (Phi) is 5.81. The lowest BCUT2D eigenvalue weighted by Crippen LogP contribution is -2.25. The van der Waals surface area contributed by atoms with Gasteiger partial charge in [0.2, 0.25) is 0 Å². The number of unbranched alkanes of at least 4 members (excludes halogenated alkanes) is 1. The Hall–Kier alpha value is -2.08. The molecule has 100 valence electrons. The number of rotatable bonds is 5. The average molecular weight is 256 g/mol. The standard InChI is InChI=1S/C16H20N2O/c1-4-5-6-18-16(19)15(11-17)10-14-8-12(2)7-13(3)9-14/h7-10H,4-6H2,1-3H3,(H,18,19)/b15-10-. The molecular formula is C16H20N2O. The summed E-state index contributed by atoms with van der Waals surface area (Å²) in [6.45, 7) is 6.67. The maximum atomic E-state index is 11.8. The Morgan fingerprint density at radius 1 is 1.32 bits per heavy atom. The van der Waals surface area contributed by atoms with Gasteiger partial charge in [-0.15, -0.1) is 0 Å². The Morgan fingerprint density at radius 3 is 2.47 bits per heavy atom. The van der Waals surface area contributed by atoms with Crippen LogP contribution >= 0.6 is 0 Å². The molecule has 0 unspecified atom stereocenters. The number of nitrogens with zero attached hydrogens (tertiary/aromatic N) is 1. The molecule has 1 rings (SSSR count). The van der Waals surface area contributed by atoms with Crippen LogP contribution in [0, 0.1) is 25.2 Å². The topological polar surface area (TPSA) is 52.9 Å². The van der Waals surface area contributed by atoms with Crippen molar-refractivity contribution in [3.63, 3.8) is 0 Å². The summed E-state index contributed by atoms with van der Waals surface area (Å²) in [5.74, 6) is -0.296. The summed E-state index contributed by atoms with van der Waals surface area (Å²) in [5.41, 5.74) is 3.28. The predicted octanol–water partition coefficient (Wildman–Crippen LogP) is 3.13. The van der Waals surface area contributed by atoms with Gasteiger partial charge in [0, 0.05) is 6.54 Å².